The summed E-state index contributed by atoms with van der Waals surface area (Å²) in [5, 5.41) is 8.38. The summed E-state index contributed by atoms with van der Waals surface area (Å²) in [5.41, 5.74) is 5.37. The van der Waals surface area contributed by atoms with Crippen LogP contribution in [0.4, 0.5) is 0 Å². The Balaban J connectivity index is 0. The van der Waals surface area contributed by atoms with E-state index in [-0.39, 0.29) is 12.6 Å². The Morgan fingerprint density at radius 1 is 1.33 bits per heavy atom. The molecule has 0 spiro atoms. The van der Waals surface area contributed by atoms with Gasteiger partial charge in [-0.2, -0.15) is 0 Å². The van der Waals surface area contributed by atoms with Crippen LogP contribution in [0.1, 0.15) is 27.7 Å². The standard InChI is InChI=1S/C5H13NO.C2H6/c1-4(2)5(6)3-7;1-2/h4-5,7H,3,6H2,1-2H3;1-2H3. The van der Waals surface area contributed by atoms with Crippen molar-refractivity contribution in [3.05, 3.63) is 0 Å². The van der Waals surface area contributed by atoms with Crippen LogP contribution in [0.5, 0.6) is 0 Å². The second-order valence-electron chi connectivity index (χ2n) is 2.09. The van der Waals surface area contributed by atoms with E-state index in [1.807, 2.05) is 27.7 Å². The Hall–Kier alpha value is -0.0800. The van der Waals surface area contributed by atoms with Gasteiger partial charge in [-0.05, 0) is 5.92 Å². The lowest BCUT2D eigenvalue weighted by Gasteiger charge is -2.10. The molecule has 0 rings (SSSR count). The van der Waals surface area contributed by atoms with E-state index in [0.717, 1.165) is 0 Å². The van der Waals surface area contributed by atoms with Crippen LogP contribution in [0.25, 0.3) is 0 Å². The SMILES string of the molecule is CC.CC(C)C(N)CO. The molecule has 2 nitrogen and oxygen atoms in total. The summed E-state index contributed by atoms with van der Waals surface area (Å²) in [6.45, 7) is 8.07. The van der Waals surface area contributed by atoms with Crippen LogP contribution >= 0.6 is 0 Å². The van der Waals surface area contributed by atoms with Crippen LogP contribution in [0.15, 0.2) is 0 Å². The van der Waals surface area contributed by atoms with E-state index in [4.69, 9.17) is 10.8 Å². The second kappa shape index (κ2) is 7.92. The van der Waals surface area contributed by atoms with Crippen molar-refractivity contribution < 1.29 is 5.11 Å². The molecule has 0 aliphatic carbocycles. The van der Waals surface area contributed by atoms with Gasteiger partial charge in [0.1, 0.15) is 0 Å². The molecular weight excluding hydrogens is 114 g/mol. The molecule has 0 aliphatic heterocycles. The molecule has 0 saturated carbocycles. The highest BCUT2D eigenvalue weighted by Gasteiger charge is 2.02. The summed E-state index contributed by atoms with van der Waals surface area (Å²) in [4.78, 5) is 0. The number of hydrogen-bond donors (Lipinski definition) is 2. The van der Waals surface area contributed by atoms with Gasteiger partial charge in [-0.1, -0.05) is 27.7 Å². The molecule has 0 saturated heterocycles. The van der Waals surface area contributed by atoms with Crippen LogP contribution in [0.3, 0.4) is 0 Å². The first-order valence-electron chi connectivity index (χ1n) is 3.55. The molecule has 58 valence electrons. The zero-order valence-corrected chi connectivity index (χ0v) is 6.89. The Morgan fingerprint density at radius 3 is 1.67 bits per heavy atom. The summed E-state index contributed by atoms with van der Waals surface area (Å²) in [6.07, 6.45) is 0. The molecule has 9 heavy (non-hydrogen) atoms. The van der Waals surface area contributed by atoms with Crippen molar-refractivity contribution in [1.82, 2.24) is 0 Å². The minimum absolute atomic E-state index is 0.0417. The molecular formula is C7H19NO. The van der Waals surface area contributed by atoms with Crippen LogP contribution in [0, 0.1) is 5.92 Å². The second-order valence-corrected chi connectivity index (χ2v) is 2.09. The van der Waals surface area contributed by atoms with Crippen molar-refractivity contribution in [3.8, 4) is 0 Å². The molecule has 0 aromatic carbocycles. The maximum atomic E-state index is 8.38. The van der Waals surface area contributed by atoms with Gasteiger partial charge in [0.2, 0.25) is 0 Å². The quantitative estimate of drug-likeness (QED) is 0.590. The third-order valence-electron chi connectivity index (χ3n) is 1.07. The minimum Gasteiger partial charge on any atom is -0.395 e. The van der Waals surface area contributed by atoms with E-state index in [1.54, 1.807) is 0 Å². The molecule has 2 heteroatoms. The molecule has 3 N–H and O–H groups in total. The largest absolute Gasteiger partial charge is 0.395 e. The Bertz CT molecular complexity index is 46.2. The van der Waals surface area contributed by atoms with Crippen LogP contribution in [-0.2, 0) is 0 Å². The lowest BCUT2D eigenvalue weighted by molar-refractivity contribution is 0.238. The van der Waals surface area contributed by atoms with Gasteiger partial charge in [-0.3, -0.25) is 0 Å². The number of aliphatic hydroxyl groups excluding tert-OH is 1. The monoisotopic (exact) mass is 133 g/mol. The summed E-state index contributed by atoms with van der Waals surface area (Å²) >= 11 is 0. The number of rotatable bonds is 2. The van der Waals surface area contributed by atoms with Crippen LogP contribution in [0.2, 0.25) is 0 Å². The van der Waals surface area contributed by atoms with Gasteiger partial charge in [0.05, 0.1) is 6.61 Å². The van der Waals surface area contributed by atoms with E-state index < -0.39 is 0 Å². The smallest absolute Gasteiger partial charge is 0.0585 e. The summed E-state index contributed by atoms with van der Waals surface area (Å²) in [5.74, 6) is 0.394. The predicted octanol–water partition coefficient (Wildman–Crippen LogP) is 0.988. The van der Waals surface area contributed by atoms with E-state index >= 15 is 0 Å². The highest BCUT2D eigenvalue weighted by atomic mass is 16.3. The molecule has 0 aliphatic rings. The molecule has 1 unspecified atom stereocenters. The van der Waals surface area contributed by atoms with Gasteiger partial charge >= 0.3 is 0 Å². The maximum Gasteiger partial charge on any atom is 0.0585 e. The highest BCUT2D eigenvalue weighted by Crippen LogP contribution is 1.94. The molecule has 1 atom stereocenters. The number of nitrogens with two attached hydrogens (primary N) is 1. The first-order chi connectivity index (χ1) is 4.18. The lowest BCUT2D eigenvalue weighted by Crippen LogP contribution is -2.29. The molecule has 0 aromatic heterocycles. The van der Waals surface area contributed by atoms with Crippen molar-refractivity contribution in [2.75, 3.05) is 6.61 Å². The van der Waals surface area contributed by atoms with Crippen molar-refractivity contribution in [2.45, 2.75) is 33.7 Å². The fourth-order valence-electron chi connectivity index (χ4n) is 0.211. The van der Waals surface area contributed by atoms with Crippen molar-refractivity contribution in [3.63, 3.8) is 0 Å². The average molecular weight is 133 g/mol. The van der Waals surface area contributed by atoms with E-state index in [9.17, 15) is 0 Å². The minimum atomic E-state index is -0.0417. The topological polar surface area (TPSA) is 46.2 Å². The molecule has 0 radical (unpaired) electrons. The summed E-state index contributed by atoms with van der Waals surface area (Å²) in [6, 6.07) is -0.0417. The lowest BCUT2D eigenvalue weighted by atomic mass is 10.1. The first kappa shape index (κ1) is 11.7. The zero-order chi connectivity index (χ0) is 7.86. The average Bonchev–Trinajstić information content (AvgIpc) is 1.91. The van der Waals surface area contributed by atoms with E-state index in [2.05, 4.69) is 0 Å². The Labute approximate surface area is 58.1 Å². The van der Waals surface area contributed by atoms with Crippen LogP contribution < -0.4 is 5.73 Å². The molecule has 0 aromatic rings. The van der Waals surface area contributed by atoms with Gasteiger partial charge in [0.15, 0.2) is 0 Å². The van der Waals surface area contributed by atoms with Crippen molar-refractivity contribution >= 4 is 0 Å². The number of aliphatic hydroxyl groups is 1. The molecule has 0 heterocycles. The third kappa shape index (κ3) is 7.92. The van der Waals surface area contributed by atoms with Gasteiger partial charge in [-0.15, -0.1) is 0 Å². The zero-order valence-electron chi connectivity index (χ0n) is 6.89. The van der Waals surface area contributed by atoms with Gasteiger partial charge in [0, 0.05) is 6.04 Å². The van der Waals surface area contributed by atoms with Gasteiger partial charge in [0.25, 0.3) is 0 Å². The highest BCUT2D eigenvalue weighted by molar-refractivity contribution is 4.61. The summed E-state index contributed by atoms with van der Waals surface area (Å²) in [7, 11) is 0. The first-order valence-corrected chi connectivity index (χ1v) is 3.55. The van der Waals surface area contributed by atoms with E-state index in [0.29, 0.717) is 5.92 Å². The molecule has 0 bridgehead atoms. The Morgan fingerprint density at radius 2 is 1.67 bits per heavy atom. The summed E-state index contributed by atoms with van der Waals surface area (Å²) < 4.78 is 0. The fraction of sp³-hybridized carbons (Fsp3) is 1.00. The predicted molar refractivity (Wildman–Crippen MR) is 41.2 cm³/mol. The normalized spacial score (nSPS) is 12.3. The maximum absolute atomic E-state index is 8.38. The van der Waals surface area contributed by atoms with Gasteiger partial charge < -0.3 is 10.8 Å². The molecule has 0 amide bonds. The van der Waals surface area contributed by atoms with E-state index in [1.165, 1.54) is 0 Å². The van der Waals surface area contributed by atoms with Crippen molar-refractivity contribution in [2.24, 2.45) is 11.7 Å². The Kier molecular flexibility index (Phi) is 10.3. The molecule has 0 fully saturated rings. The van der Waals surface area contributed by atoms with Crippen molar-refractivity contribution in [1.29, 1.82) is 0 Å². The number of hydrogen-bond acceptors (Lipinski definition) is 2. The third-order valence-corrected chi connectivity index (χ3v) is 1.07. The van der Waals surface area contributed by atoms with Crippen LogP contribution in [-0.4, -0.2) is 17.8 Å². The van der Waals surface area contributed by atoms with Gasteiger partial charge in [-0.25, -0.2) is 0 Å². The fourth-order valence-corrected chi connectivity index (χ4v) is 0.211.